The van der Waals surface area contributed by atoms with Crippen molar-refractivity contribution < 1.29 is 0 Å². The topological polar surface area (TPSA) is 24.1 Å². The Bertz CT molecular complexity index is 358. The first-order valence-electron chi connectivity index (χ1n) is 6.60. The fourth-order valence-corrected chi connectivity index (χ4v) is 2.03. The molecule has 102 valence electrons. The fourth-order valence-electron chi connectivity index (χ4n) is 1.82. The third kappa shape index (κ3) is 6.39. The van der Waals surface area contributed by atoms with Gasteiger partial charge in [-0.05, 0) is 45.7 Å². The third-order valence-corrected chi connectivity index (χ3v) is 3.13. The highest BCUT2D eigenvalue weighted by Crippen LogP contribution is 2.16. The Morgan fingerprint density at radius 3 is 2.44 bits per heavy atom. The molecule has 0 bridgehead atoms. The van der Waals surface area contributed by atoms with E-state index in [9.17, 15) is 0 Å². The van der Waals surface area contributed by atoms with Crippen LogP contribution in [-0.4, -0.2) is 24.7 Å². The summed E-state index contributed by atoms with van der Waals surface area (Å²) in [5.41, 5.74) is 1.40. The van der Waals surface area contributed by atoms with Gasteiger partial charge in [-0.15, -0.1) is 0 Å². The van der Waals surface area contributed by atoms with Crippen LogP contribution in [0.2, 0.25) is 5.02 Å². The van der Waals surface area contributed by atoms with Gasteiger partial charge in [0.25, 0.3) is 0 Å². The molecule has 0 aromatic heterocycles. The van der Waals surface area contributed by atoms with Crippen molar-refractivity contribution in [2.45, 2.75) is 45.7 Å². The summed E-state index contributed by atoms with van der Waals surface area (Å²) in [5.74, 6) is 0. The van der Waals surface area contributed by atoms with Crippen LogP contribution < -0.4 is 10.6 Å². The van der Waals surface area contributed by atoms with Gasteiger partial charge in [-0.3, -0.25) is 0 Å². The van der Waals surface area contributed by atoms with Gasteiger partial charge in [-0.1, -0.05) is 29.8 Å². The summed E-state index contributed by atoms with van der Waals surface area (Å²) >= 11 is 6.15. The first-order valence-corrected chi connectivity index (χ1v) is 6.98. The molecular weight excluding hydrogens is 244 g/mol. The molecule has 1 unspecified atom stereocenters. The Balaban J connectivity index is 2.26. The van der Waals surface area contributed by atoms with E-state index in [1.807, 2.05) is 18.2 Å². The maximum atomic E-state index is 6.15. The molecule has 1 rings (SSSR count). The summed E-state index contributed by atoms with van der Waals surface area (Å²) in [6, 6.07) is 8.48. The lowest BCUT2D eigenvalue weighted by molar-refractivity contribution is 0.412. The van der Waals surface area contributed by atoms with E-state index in [0.29, 0.717) is 6.04 Å². The smallest absolute Gasteiger partial charge is 0.0438 e. The molecule has 0 spiro atoms. The SMILES string of the molecule is CC(Cc1ccccc1Cl)NCCNC(C)(C)C. The van der Waals surface area contributed by atoms with E-state index >= 15 is 0 Å². The molecule has 0 heterocycles. The molecule has 3 heteroatoms. The normalized spacial score (nSPS) is 13.6. The highest BCUT2D eigenvalue weighted by atomic mass is 35.5. The number of rotatable bonds is 6. The minimum atomic E-state index is 0.188. The summed E-state index contributed by atoms with van der Waals surface area (Å²) < 4.78 is 0. The number of halogens is 1. The molecule has 0 saturated carbocycles. The Hall–Kier alpha value is -0.570. The zero-order valence-electron chi connectivity index (χ0n) is 11.9. The minimum Gasteiger partial charge on any atom is -0.313 e. The van der Waals surface area contributed by atoms with E-state index in [-0.39, 0.29) is 5.54 Å². The molecular formula is C15H25ClN2. The van der Waals surface area contributed by atoms with Crippen molar-refractivity contribution in [3.63, 3.8) is 0 Å². The highest BCUT2D eigenvalue weighted by molar-refractivity contribution is 6.31. The maximum Gasteiger partial charge on any atom is 0.0438 e. The van der Waals surface area contributed by atoms with E-state index in [1.54, 1.807) is 0 Å². The summed E-state index contributed by atoms with van der Waals surface area (Å²) in [7, 11) is 0. The maximum absolute atomic E-state index is 6.15. The molecule has 0 aliphatic rings. The van der Waals surface area contributed by atoms with Crippen LogP contribution in [0.5, 0.6) is 0 Å². The molecule has 0 aliphatic heterocycles. The predicted molar refractivity (Wildman–Crippen MR) is 80.4 cm³/mol. The summed E-state index contributed by atoms with van der Waals surface area (Å²) in [6.07, 6.45) is 0.967. The third-order valence-electron chi connectivity index (χ3n) is 2.76. The molecule has 1 aromatic rings. The van der Waals surface area contributed by atoms with Crippen molar-refractivity contribution >= 4 is 11.6 Å². The van der Waals surface area contributed by atoms with Gasteiger partial charge in [0.2, 0.25) is 0 Å². The quantitative estimate of drug-likeness (QED) is 0.774. The van der Waals surface area contributed by atoms with Crippen molar-refractivity contribution in [1.82, 2.24) is 10.6 Å². The first-order chi connectivity index (χ1) is 8.38. The molecule has 0 saturated heterocycles. The molecule has 18 heavy (non-hydrogen) atoms. The van der Waals surface area contributed by atoms with E-state index in [0.717, 1.165) is 24.5 Å². The van der Waals surface area contributed by atoms with Crippen molar-refractivity contribution in [1.29, 1.82) is 0 Å². The summed E-state index contributed by atoms with van der Waals surface area (Å²) in [6.45, 7) is 10.7. The van der Waals surface area contributed by atoms with Crippen molar-refractivity contribution in [3.8, 4) is 0 Å². The van der Waals surface area contributed by atoms with Crippen molar-refractivity contribution in [3.05, 3.63) is 34.9 Å². The highest BCUT2D eigenvalue weighted by Gasteiger charge is 2.09. The van der Waals surface area contributed by atoms with Gasteiger partial charge in [-0.2, -0.15) is 0 Å². The van der Waals surface area contributed by atoms with Gasteiger partial charge in [0, 0.05) is 29.7 Å². The molecule has 0 fully saturated rings. The van der Waals surface area contributed by atoms with Crippen LogP contribution in [0.1, 0.15) is 33.3 Å². The number of hydrogen-bond acceptors (Lipinski definition) is 2. The molecule has 2 nitrogen and oxygen atoms in total. The average Bonchev–Trinajstić information content (AvgIpc) is 2.26. The van der Waals surface area contributed by atoms with Crippen LogP contribution in [-0.2, 0) is 6.42 Å². The monoisotopic (exact) mass is 268 g/mol. The Morgan fingerprint density at radius 1 is 1.17 bits per heavy atom. The minimum absolute atomic E-state index is 0.188. The second-order valence-electron chi connectivity index (χ2n) is 5.83. The predicted octanol–water partition coefficient (Wildman–Crippen LogP) is 3.25. The van der Waals surface area contributed by atoms with Crippen LogP contribution in [0, 0.1) is 0 Å². The zero-order valence-corrected chi connectivity index (χ0v) is 12.6. The van der Waals surface area contributed by atoms with Gasteiger partial charge in [0.05, 0.1) is 0 Å². The second-order valence-corrected chi connectivity index (χ2v) is 6.23. The number of benzene rings is 1. The van der Waals surface area contributed by atoms with E-state index in [1.165, 1.54) is 5.56 Å². The lowest BCUT2D eigenvalue weighted by Crippen LogP contribution is -2.42. The molecule has 1 aromatic carbocycles. The molecule has 0 amide bonds. The van der Waals surface area contributed by atoms with Crippen molar-refractivity contribution in [2.24, 2.45) is 0 Å². The van der Waals surface area contributed by atoms with Gasteiger partial charge >= 0.3 is 0 Å². The van der Waals surface area contributed by atoms with Crippen LogP contribution in [0.4, 0.5) is 0 Å². The zero-order chi connectivity index (χ0) is 13.6. The number of hydrogen-bond donors (Lipinski definition) is 2. The van der Waals surface area contributed by atoms with Crippen LogP contribution >= 0.6 is 11.6 Å². The average molecular weight is 269 g/mol. The van der Waals surface area contributed by atoms with Gasteiger partial charge in [0.15, 0.2) is 0 Å². The molecule has 0 aliphatic carbocycles. The largest absolute Gasteiger partial charge is 0.313 e. The van der Waals surface area contributed by atoms with E-state index in [4.69, 9.17) is 11.6 Å². The Kier molecular flexibility index (Phi) is 6.13. The summed E-state index contributed by atoms with van der Waals surface area (Å²) in [5, 5.41) is 7.83. The van der Waals surface area contributed by atoms with Crippen LogP contribution in [0.3, 0.4) is 0 Å². The van der Waals surface area contributed by atoms with Crippen molar-refractivity contribution in [2.75, 3.05) is 13.1 Å². The van der Waals surface area contributed by atoms with Gasteiger partial charge < -0.3 is 10.6 Å². The van der Waals surface area contributed by atoms with Crippen LogP contribution in [0.15, 0.2) is 24.3 Å². The molecule has 1 atom stereocenters. The fraction of sp³-hybridized carbons (Fsp3) is 0.600. The van der Waals surface area contributed by atoms with E-state index in [2.05, 4.69) is 44.4 Å². The Labute approximate surface area is 116 Å². The molecule has 2 N–H and O–H groups in total. The lowest BCUT2D eigenvalue weighted by Gasteiger charge is -2.22. The first kappa shape index (κ1) is 15.5. The van der Waals surface area contributed by atoms with E-state index < -0.39 is 0 Å². The standard InChI is InChI=1S/C15H25ClN2/c1-12(17-9-10-18-15(2,3)4)11-13-7-5-6-8-14(13)16/h5-8,12,17-18H,9-11H2,1-4H3. The molecule has 0 radical (unpaired) electrons. The van der Waals surface area contributed by atoms with Gasteiger partial charge in [0.1, 0.15) is 0 Å². The van der Waals surface area contributed by atoms with Gasteiger partial charge in [-0.25, -0.2) is 0 Å². The van der Waals surface area contributed by atoms with Crippen LogP contribution in [0.25, 0.3) is 0 Å². The lowest BCUT2D eigenvalue weighted by atomic mass is 10.1. The number of nitrogens with one attached hydrogen (secondary N) is 2. The summed E-state index contributed by atoms with van der Waals surface area (Å²) in [4.78, 5) is 0. The Morgan fingerprint density at radius 2 is 1.83 bits per heavy atom. The second kappa shape index (κ2) is 7.13.